The Morgan fingerprint density at radius 1 is 1.53 bits per heavy atom. The van der Waals surface area contributed by atoms with Gasteiger partial charge in [0.05, 0.1) is 0 Å². The Kier molecular flexibility index (Phi) is 4.82. The van der Waals surface area contributed by atoms with Gasteiger partial charge in [-0.15, -0.1) is 0 Å². The summed E-state index contributed by atoms with van der Waals surface area (Å²) in [5, 5.41) is 16.8. The van der Waals surface area contributed by atoms with Crippen molar-refractivity contribution in [3.8, 4) is 0 Å². The molecule has 0 bridgehead atoms. The lowest BCUT2D eigenvalue weighted by atomic mass is 9.94. The van der Waals surface area contributed by atoms with Crippen LogP contribution in [0, 0.1) is 11.3 Å². The number of nitrogens with zero attached hydrogens (tertiary/aromatic N) is 1. The summed E-state index contributed by atoms with van der Waals surface area (Å²) in [6, 6.07) is 5.90. The van der Waals surface area contributed by atoms with Crippen LogP contribution < -0.4 is 10.6 Å². The van der Waals surface area contributed by atoms with Crippen LogP contribution in [0.4, 0.5) is 5.69 Å². The minimum Gasteiger partial charge on any atom is -0.396 e. The molecule has 1 atom stereocenters. The number of hydrogen-bond donors (Lipinski definition) is 3. The fourth-order valence-corrected chi connectivity index (χ4v) is 3.06. The minimum atomic E-state index is 0.0978. The van der Waals surface area contributed by atoms with Crippen LogP contribution in [0.3, 0.4) is 0 Å². The molecular weight excluding hydrogens is 306 g/mol. The van der Waals surface area contributed by atoms with Crippen molar-refractivity contribution >= 4 is 27.5 Å². The number of aliphatic hydroxyl groups excluding tert-OH is 1. The Bertz CT molecular complexity index is 462. The van der Waals surface area contributed by atoms with E-state index in [9.17, 15) is 0 Å². The van der Waals surface area contributed by atoms with E-state index >= 15 is 0 Å². The molecule has 0 radical (unpaired) electrons. The van der Waals surface area contributed by atoms with Crippen molar-refractivity contribution in [1.29, 1.82) is 5.41 Å². The second-order valence-electron chi connectivity index (χ2n) is 5.04. The fraction of sp³-hybridized carbons (Fsp3) is 0.500. The molecule has 5 heteroatoms. The second-order valence-corrected chi connectivity index (χ2v) is 5.96. The van der Waals surface area contributed by atoms with E-state index in [1.165, 1.54) is 6.42 Å². The number of rotatable bonds is 4. The number of halogens is 1. The fourth-order valence-electron chi connectivity index (χ4n) is 2.70. The van der Waals surface area contributed by atoms with Gasteiger partial charge in [0.25, 0.3) is 0 Å². The van der Waals surface area contributed by atoms with Crippen LogP contribution in [-0.4, -0.2) is 30.6 Å². The highest BCUT2D eigenvalue weighted by Crippen LogP contribution is 2.29. The first kappa shape index (κ1) is 14.3. The summed E-state index contributed by atoms with van der Waals surface area (Å²) in [7, 11) is 0. The molecular formula is C14H20BrN3O. The molecule has 0 saturated carbocycles. The molecule has 1 fully saturated rings. The number of nitrogens with one attached hydrogen (secondary N) is 1. The van der Waals surface area contributed by atoms with Gasteiger partial charge >= 0.3 is 0 Å². The quantitative estimate of drug-likeness (QED) is 0.587. The summed E-state index contributed by atoms with van der Waals surface area (Å²) in [6.45, 7) is 2.17. The predicted octanol–water partition coefficient (Wildman–Crippen LogP) is 2.33. The van der Waals surface area contributed by atoms with E-state index in [2.05, 4.69) is 20.8 Å². The highest BCUT2D eigenvalue weighted by Gasteiger charge is 2.22. The topological polar surface area (TPSA) is 73.3 Å². The summed E-state index contributed by atoms with van der Waals surface area (Å²) >= 11 is 3.42. The van der Waals surface area contributed by atoms with Gasteiger partial charge in [-0.2, -0.15) is 0 Å². The van der Waals surface area contributed by atoms with Crippen LogP contribution in [0.5, 0.6) is 0 Å². The first-order chi connectivity index (χ1) is 9.11. The Hall–Kier alpha value is -1.07. The minimum absolute atomic E-state index is 0.0978. The van der Waals surface area contributed by atoms with Crippen LogP contribution in [-0.2, 0) is 0 Å². The molecule has 1 aromatic carbocycles. The number of nitrogens with two attached hydrogens (primary N) is 1. The van der Waals surface area contributed by atoms with Gasteiger partial charge in [0.1, 0.15) is 5.84 Å². The maximum absolute atomic E-state index is 9.08. The highest BCUT2D eigenvalue weighted by atomic mass is 79.9. The van der Waals surface area contributed by atoms with Crippen molar-refractivity contribution in [1.82, 2.24) is 0 Å². The summed E-state index contributed by atoms with van der Waals surface area (Å²) in [5.41, 5.74) is 7.48. The molecule has 0 aliphatic carbocycles. The number of benzene rings is 1. The Balaban J connectivity index is 2.23. The molecule has 1 heterocycles. The molecule has 104 valence electrons. The Labute approximate surface area is 122 Å². The van der Waals surface area contributed by atoms with Gasteiger partial charge in [-0.05, 0) is 43.4 Å². The lowest BCUT2D eigenvalue weighted by Crippen LogP contribution is -2.37. The molecule has 1 unspecified atom stereocenters. The third-order valence-corrected chi connectivity index (χ3v) is 4.14. The lowest BCUT2D eigenvalue weighted by molar-refractivity contribution is 0.244. The van der Waals surface area contributed by atoms with Gasteiger partial charge in [-0.1, -0.05) is 15.9 Å². The summed E-state index contributed by atoms with van der Waals surface area (Å²) in [5.74, 6) is 0.628. The molecule has 19 heavy (non-hydrogen) atoms. The maximum atomic E-state index is 9.08. The zero-order valence-electron chi connectivity index (χ0n) is 10.9. The van der Waals surface area contributed by atoms with Gasteiger partial charge in [0, 0.05) is 35.4 Å². The summed E-state index contributed by atoms with van der Waals surface area (Å²) < 4.78 is 0.936. The first-order valence-electron chi connectivity index (χ1n) is 6.61. The number of amidine groups is 1. The molecule has 1 aliphatic rings. The van der Waals surface area contributed by atoms with Crippen molar-refractivity contribution in [3.63, 3.8) is 0 Å². The zero-order chi connectivity index (χ0) is 13.8. The molecule has 2 rings (SSSR count). The normalized spacial score (nSPS) is 19.5. The third kappa shape index (κ3) is 3.48. The van der Waals surface area contributed by atoms with E-state index in [4.69, 9.17) is 16.2 Å². The average Bonchev–Trinajstić information content (AvgIpc) is 2.39. The van der Waals surface area contributed by atoms with Crippen molar-refractivity contribution in [3.05, 3.63) is 28.2 Å². The number of nitrogen functional groups attached to an aromatic ring is 1. The van der Waals surface area contributed by atoms with Crippen molar-refractivity contribution in [2.45, 2.75) is 19.3 Å². The second kappa shape index (κ2) is 6.39. The van der Waals surface area contributed by atoms with Crippen LogP contribution >= 0.6 is 15.9 Å². The summed E-state index contributed by atoms with van der Waals surface area (Å²) in [6.07, 6.45) is 3.14. The third-order valence-electron chi connectivity index (χ3n) is 3.65. The molecule has 0 aromatic heterocycles. The Morgan fingerprint density at radius 2 is 2.32 bits per heavy atom. The number of aliphatic hydroxyl groups is 1. The number of anilines is 1. The molecule has 1 aromatic rings. The lowest BCUT2D eigenvalue weighted by Gasteiger charge is -2.35. The number of hydrogen-bond acceptors (Lipinski definition) is 3. The molecule has 1 saturated heterocycles. The Morgan fingerprint density at radius 3 is 3.00 bits per heavy atom. The molecule has 4 nitrogen and oxygen atoms in total. The molecule has 0 spiro atoms. The van der Waals surface area contributed by atoms with E-state index in [-0.39, 0.29) is 12.4 Å². The highest BCUT2D eigenvalue weighted by molar-refractivity contribution is 9.10. The monoisotopic (exact) mass is 325 g/mol. The zero-order valence-corrected chi connectivity index (χ0v) is 12.5. The molecule has 0 amide bonds. The summed E-state index contributed by atoms with van der Waals surface area (Å²) in [4.78, 5) is 2.28. The number of piperidine rings is 1. The van der Waals surface area contributed by atoms with Gasteiger partial charge in [-0.25, -0.2) is 0 Å². The van der Waals surface area contributed by atoms with Gasteiger partial charge in [0.2, 0.25) is 0 Å². The van der Waals surface area contributed by atoms with E-state index in [0.717, 1.165) is 41.7 Å². The van der Waals surface area contributed by atoms with Crippen LogP contribution in [0.15, 0.2) is 22.7 Å². The first-order valence-corrected chi connectivity index (χ1v) is 7.41. The van der Waals surface area contributed by atoms with Crippen molar-refractivity contribution in [2.24, 2.45) is 11.7 Å². The van der Waals surface area contributed by atoms with E-state index in [1.807, 2.05) is 18.2 Å². The van der Waals surface area contributed by atoms with E-state index < -0.39 is 0 Å². The van der Waals surface area contributed by atoms with Gasteiger partial charge in [0.15, 0.2) is 0 Å². The predicted molar refractivity (Wildman–Crippen MR) is 81.8 cm³/mol. The largest absolute Gasteiger partial charge is 0.396 e. The van der Waals surface area contributed by atoms with Crippen molar-refractivity contribution in [2.75, 3.05) is 24.6 Å². The molecule has 1 aliphatic heterocycles. The van der Waals surface area contributed by atoms with E-state index in [0.29, 0.717) is 5.92 Å². The van der Waals surface area contributed by atoms with Crippen LogP contribution in [0.2, 0.25) is 0 Å². The van der Waals surface area contributed by atoms with Crippen LogP contribution in [0.1, 0.15) is 24.8 Å². The van der Waals surface area contributed by atoms with Gasteiger partial charge in [-0.3, -0.25) is 5.41 Å². The van der Waals surface area contributed by atoms with E-state index in [1.54, 1.807) is 0 Å². The van der Waals surface area contributed by atoms with Crippen molar-refractivity contribution < 1.29 is 5.11 Å². The molecule has 4 N–H and O–H groups in total. The maximum Gasteiger partial charge on any atom is 0.124 e. The van der Waals surface area contributed by atoms with Crippen LogP contribution in [0.25, 0.3) is 0 Å². The standard InChI is InChI=1S/C14H20BrN3O/c15-11-3-4-13(12(8-11)14(16)17)18-6-1-2-10(9-18)5-7-19/h3-4,8,10,19H,1-2,5-7,9H2,(H3,16,17). The average molecular weight is 326 g/mol. The van der Waals surface area contributed by atoms with Gasteiger partial charge < -0.3 is 15.7 Å². The SMILES string of the molecule is N=C(N)c1cc(Br)ccc1N1CCCC(CCO)C1. The smallest absolute Gasteiger partial charge is 0.124 e.